The van der Waals surface area contributed by atoms with Gasteiger partial charge >= 0.3 is 0 Å². The maximum Gasteiger partial charge on any atom is 0.262 e. The van der Waals surface area contributed by atoms with E-state index in [0.717, 1.165) is 16.8 Å². The summed E-state index contributed by atoms with van der Waals surface area (Å²) >= 11 is 5.38. The molecule has 0 unspecified atom stereocenters. The van der Waals surface area contributed by atoms with E-state index in [1.165, 1.54) is 4.57 Å². The fourth-order valence-electron chi connectivity index (χ4n) is 3.63. The summed E-state index contributed by atoms with van der Waals surface area (Å²) in [6, 6.07) is 14.5. The number of hydrogen-bond donors (Lipinski definition) is 2. The number of amides is 1. The van der Waals surface area contributed by atoms with Gasteiger partial charge in [0.2, 0.25) is 0 Å². The fraction of sp³-hybridized carbons (Fsp3) is 0.208. The summed E-state index contributed by atoms with van der Waals surface area (Å²) in [5.41, 5.74) is 3.63. The monoisotopic (exact) mass is 433 g/mol. The lowest BCUT2D eigenvalue weighted by atomic mass is 9.98. The van der Waals surface area contributed by atoms with Gasteiger partial charge in [-0.15, -0.1) is 0 Å². The number of hydrogen-bond acceptors (Lipinski definition) is 4. The van der Waals surface area contributed by atoms with Crippen molar-refractivity contribution in [2.24, 2.45) is 0 Å². The van der Waals surface area contributed by atoms with Gasteiger partial charge in [-0.25, -0.2) is 0 Å². The maximum atomic E-state index is 13.0. The second-order valence-electron chi connectivity index (χ2n) is 7.81. The minimum absolute atomic E-state index is 0.233. The van der Waals surface area contributed by atoms with Crippen LogP contribution in [-0.4, -0.2) is 15.5 Å². The maximum absolute atomic E-state index is 13.0. The molecule has 2 N–H and O–H groups in total. The van der Waals surface area contributed by atoms with Crippen molar-refractivity contribution in [1.29, 1.82) is 0 Å². The lowest BCUT2D eigenvalue weighted by Crippen LogP contribution is -2.23. The third-order valence-corrected chi connectivity index (χ3v) is 5.63. The zero-order chi connectivity index (χ0) is 22.1. The molecular weight excluding hydrogens is 410 g/mol. The Kier molecular flexibility index (Phi) is 5.61. The fourth-order valence-corrected chi connectivity index (χ4v) is 3.88. The summed E-state index contributed by atoms with van der Waals surface area (Å²) in [6.07, 6.45) is 1.55. The van der Waals surface area contributed by atoms with Crippen LogP contribution in [-0.2, 0) is 6.54 Å². The van der Waals surface area contributed by atoms with Gasteiger partial charge < -0.3 is 14.7 Å². The highest BCUT2D eigenvalue weighted by atomic mass is 32.1. The van der Waals surface area contributed by atoms with E-state index < -0.39 is 0 Å². The summed E-state index contributed by atoms with van der Waals surface area (Å²) in [7, 11) is 0. The van der Waals surface area contributed by atoms with Crippen molar-refractivity contribution >= 4 is 34.7 Å². The van der Waals surface area contributed by atoms with E-state index in [2.05, 4.69) is 24.1 Å². The molecule has 0 fully saturated rings. The van der Waals surface area contributed by atoms with Gasteiger partial charge in [-0.3, -0.25) is 14.2 Å². The van der Waals surface area contributed by atoms with Gasteiger partial charge in [0.05, 0.1) is 23.7 Å². The minimum atomic E-state index is -0.239. The number of furan rings is 1. The molecule has 2 aromatic carbocycles. The number of rotatable bonds is 5. The largest absolute Gasteiger partial charge is 0.467 e. The zero-order valence-corrected chi connectivity index (χ0v) is 18.4. The van der Waals surface area contributed by atoms with Gasteiger partial charge in [-0.05, 0) is 66.5 Å². The number of carbonyl (C=O) groups is 1. The standard InChI is InChI=1S/C24H23N3O3S/c1-14(2)18-8-4-6-15(3)21(18)26-22(28)16-9-10-19-20(12-16)25-24(31)27(23(19)29)13-17-7-5-11-30-17/h4-12,14H,13H2,1-3H3,(H,25,31)(H,26,28). The van der Waals surface area contributed by atoms with Gasteiger partial charge in [-0.1, -0.05) is 32.0 Å². The Bertz CT molecular complexity index is 1380. The molecule has 0 radical (unpaired) electrons. The number of benzene rings is 2. The smallest absolute Gasteiger partial charge is 0.262 e. The molecule has 4 rings (SSSR count). The van der Waals surface area contributed by atoms with E-state index in [-0.39, 0.29) is 28.7 Å². The first-order valence-corrected chi connectivity index (χ1v) is 10.5. The molecule has 0 spiro atoms. The molecule has 0 aliphatic heterocycles. The number of aromatic amines is 1. The third kappa shape index (κ3) is 4.09. The number of H-pyrrole nitrogens is 1. The highest BCUT2D eigenvalue weighted by molar-refractivity contribution is 7.71. The summed E-state index contributed by atoms with van der Waals surface area (Å²) < 4.78 is 7.04. The average molecular weight is 434 g/mol. The molecule has 0 aliphatic carbocycles. The predicted molar refractivity (Wildman–Crippen MR) is 124 cm³/mol. The number of aromatic nitrogens is 2. The Hall–Kier alpha value is -3.45. The molecule has 0 saturated heterocycles. The summed E-state index contributed by atoms with van der Waals surface area (Å²) in [6.45, 7) is 6.40. The molecule has 0 atom stereocenters. The normalized spacial score (nSPS) is 11.2. The van der Waals surface area contributed by atoms with E-state index in [4.69, 9.17) is 16.6 Å². The van der Waals surface area contributed by atoms with Crippen LogP contribution in [0.3, 0.4) is 0 Å². The van der Waals surface area contributed by atoms with Crippen LogP contribution < -0.4 is 10.9 Å². The Morgan fingerprint density at radius 1 is 1.19 bits per heavy atom. The Morgan fingerprint density at radius 3 is 2.71 bits per heavy atom. The Morgan fingerprint density at radius 2 is 2.00 bits per heavy atom. The highest BCUT2D eigenvalue weighted by Crippen LogP contribution is 2.28. The number of nitrogens with zero attached hydrogens (tertiary/aromatic N) is 1. The van der Waals surface area contributed by atoms with Crippen LogP contribution in [0.25, 0.3) is 10.9 Å². The summed E-state index contributed by atoms with van der Waals surface area (Å²) in [4.78, 5) is 29.0. The van der Waals surface area contributed by atoms with Gasteiger partial charge in [0.1, 0.15) is 5.76 Å². The van der Waals surface area contributed by atoms with Crippen molar-refractivity contribution in [3.8, 4) is 0 Å². The zero-order valence-electron chi connectivity index (χ0n) is 17.6. The van der Waals surface area contributed by atoms with E-state index in [1.54, 1.807) is 36.6 Å². The predicted octanol–water partition coefficient (Wildman–Crippen LogP) is 5.38. The van der Waals surface area contributed by atoms with Gasteiger partial charge in [0, 0.05) is 11.3 Å². The van der Waals surface area contributed by atoms with E-state index in [0.29, 0.717) is 22.2 Å². The van der Waals surface area contributed by atoms with Crippen LogP contribution in [0.4, 0.5) is 5.69 Å². The van der Waals surface area contributed by atoms with Crippen molar-refractivity contribution in [2.45, 2.75) is 33.2 Å². The van der Waals surface area contributed by atoms with Gasteiger partial charge in [0.25, 0.3) is 11.5 Å². The molecule has 0 aliphatic rings. The molecule has 2 aromatic heterocycles. The van der Waals surface area contributed by atoms with E-state index in [1.807, 2.05) is 25.1 Å². The van der Waals surface area contributed by atoms with E-state index >= 15 is 0 Å². The first kappa shape index (κ1) is 20.8. The molecule has 2 heterocycles. The number of anilines is 1. The lowest BCUT2D eigenvalue weighted by Gasteiger charge is -2.16. The first-order valence-electron chi connectivity index (χ1n) is 10.0. The van der Waals surface area contributed by atoms with Crippen LogP contribution in [0, 0.1) is 11.7 Å². The second-order valence-corrected chi connectivity index (χ2v) is 8.20. The highest BCUT2D eigenvalue weighted by Gasteiger charge is 2.15. The molecule has 31 heavy (non-hydrogen) atoms. The van der Waals surface area contributed by atoms with E-state index in [9.17, 15) is 9.59 Å². The Balaban J connectivity index is 1.70. The topological polar surface area (TPSA) is 80.0 Å². The van der Waals surface area contributed by atoms with Crippen LogP contribution in [0.5, 0.6) is 0 Å². The van der Waals surface area contributed by atoms with Crippen molar-refractivity contribution in [2.75, 3.05) is 5.32 Å². The van der Waals surface area contributed by atoms with Gasteiger partial charge in [0.15, 0.2) is 4.77 Å². The number of nitrogens with one attached hydrogen (secondary N) is 2. The summed E-state index contributed by atoms with van der Waals surface area (Å²) in [5, 5.41) is 3.49. The van der Waals surface area contributed by atoms with Gasteiger partial charge in [-0.2, -0.15) is 0 Å². The SMILES string of the molecule is Cc1cccc(C(C)C)c1NC(=O)c1ccc2c(=O)n(Cc3ccco3)c(=S)[nH]c2c1. The van der Waals surface area contributed by atoms with Crippen LogP contribution in [0.2, 0.25) is 0 Å². The lowest BCUT2D eigenvalue weighted by molar-refractivity contribution is 0.102. The molecule has 7 heteroatoms. The van der Waals surface area contributed by atoms with Crippen molar-refractivity contribution in [3.63, 3.8) is 0 Å². The molecule has 1 amide bonds. The van der Waals surface area contributed by atoms with Crippen molar-refractivity contribution in [3.05, 3.63) is 92.4 Å². The minimum Gasteiger partial charge on any atom is -0.467 e. The molecule has 6 nitrogen and oxygen atoms in total. The first-order chi connectivity index (χ1) is 14.8. The number of aryl methyl sites for hydroxylation is 1. The van der Waals surface area contributed by atoms with Crippen molar-refractivity contribution < 1.29 is 9.21 Å². The number of fused-ring (bicyclic) bond motifs is 1. The molecule has 0 saturated carbocycles. The average Bonchev–Trinajstić information content (AvgIpc) is 3.25. The molecule has 4 aromatic rings. The number of para-hydroxylation sites is 1. The summed E-state index contributed by atoms with van der Waals surface area (Å²) in [5.74, 6) is 0.670. The van der Waals surface area contributed by atoms with Crippen LogP contribution in [0.15, 0.2) is 64.0 Å². The second kappa shape index (κ2) is 8.35. The molecular formula is C24H23N3O3S. The quantitative estimate of drug-likeness (QED) is 0.414. The molecule has 0 bridgehead atoms. The number of carbonyl (C=O) groups excluding carboxylic acids is 1. The van der Waals surface area contributed by atoms with Crippen LogP contribution >= 0.6 is 12.2 Å². The van der Waals surface area contributed by atoms with Crippen LogP contribution in [0.1, 0.15) is 47.0 Å². The molecule has 158 valence electrons. The Labute approximate surface area is 184 Å². The van der Waals surface area contributed by atoms with Crippen molar-refractivity contribution in [1.82, 2.24) is 9.55 Å². The third-order valence-electron chi connectivity index (χ3n) is 5.30.